The third kappa shape index (κ3) is 4.06. The molecule has 0 aliphatic carbocycles. The second-order valence-corrected chi connectivity index (χ2v) is 5.34. The highest BCUT2D eigenvalue weighted by Gasteiger charge is 2.23. The van der Waals surface area contributed by atoms with E-state index in [1.807, 2.05) is 4.90 Å². The first kappa shape index (κ1) is 14.0. The van der Waals surface area contributed by atoms with Crippen molar-refractivity contribution >= 4 is 21.8 Å². The van der Waals surface area contributed by atoms with Gasteiger partial charge in [0, 0.05) is 44.0 Å². The van der Waals surface area contributed by atoms with Crippen LogP contribution in [0.4, 0.5) is 0 Å². The van der Waals surface area contributed by atoms with E-state index in [4.69, 9.17) is 0 Å². The van der Waals surface area contributed by atoms with E-state index in [-0.39, 0.29) is 5.92 Å². The van der Waals surface area contributed by atoms with Gasteiger partial charge in [-0.2, -0.15) is 0 Å². The number of alkyl halides is 1. The third-order valence-electron chi connectivity index (χ3n) is 3.23. The Balaban J connectivity index is 2.32. The highest BCUT2D eigenvalue weighted by molar-refractivity contribution is 9.09. The molecule has 1 unspecified atom stereocenters. The number of carbonyl (C=O) groups is 1. The van der Waals surface area contributed by atoms with Crippen LogP contribution in [0.2, 0.25) is 0 Å². The van der Waals surface area contributed by atoms with Gasteiger partial charge in [0.2, 0.25) is 5.91 Å². The molecule has 94 valence electrons. The van der Waals surface area contributed by atoms with E-state index in [0.29, 0.717) is 5.91 Å². The minimum Gasteiger partial charge on any atom is -0.340 e. The maximum absolute atomic E-state index is 12.1. The van der Waals surface area contributed by atoms with Crippen LogP contribution in [0.25, 0.3) is 0 Å². The maximum atomic E-state index is 12.1. The summed E-state index contributed by atoms with van der Waals surface area (Å²) >= 11 is 3.45. The molecule has 1 aliphatic heterocycles. The molecule has 0 aromatic carbocycles. The number of amides is 1. The minimum absolute atomic E-state index is 0.202. The fraction of sp³-hybridized carbons (Fsp3) is 0.917. The third-order valence-corrected chi connectivity index (χ3v) is 3.58. The van der Waals surface area contributed by atoms with Crippen molar-refractivity contribution < 1.29 is 4.79 Å². The van der Waals surface area contributed by atoms with Crippen LogP contribution >= 0.6 is 15.9 Å². The lowest BCUT2D eigenvalue weighted by molar-refractivity contribution is -0.136. The van der Waals surface area contributed by atoms with Gasteiger partial charge in [-0.1, -0.05) is 36.2 Å². The predicted molar refractivity (Wildman–Crippen MR) is 70.9 cm³/mol. The van der Waals surface area contributed by atoms with E-state index in [2.05, 4.69) is 34.7 Å². The average Bonchev–Trinajstić information content (AvgIpc) is 2.30. The SMILES string of the molecule is CCCC(C)C(=O)N1CCN(CCBr)CC1. The summed E-state index contributed by atoms with van der Waals surface area (Å²) in [5, 5.41) is 1.02. The van der Waals surface area contributed by atoms with Gasteiger partial charge in [-0.15, -0.1) is 0 Å². The first-order chi connectivity index (χ1) is 7.69. The van der Waals surface area contributed by atoms with E-state index >= 15 is 0 Å². The molecular weight excluding hydrogens is 268 g/mol. The summed E-state index contributed by atoms with van der Waals surface area (Å²) in [7, 11) is 0. The fourth-order valence-corrected chi connectivity index (χ4v) is 2.68. The maximum Gasteiger partial charge on any atom is 0.225 e. The fourth-order valence-electron chi connectivity index (χ4n) is 2.18. The monoisotopic (exact) mass is 290 g/mol. The lowest BCUT2D eigenvalue weighted by Crippen LogP contribution is -2.50. The van der Waals surface area contributed by atoms with Gasteiger partial charge in [-0.05, 0) is 6.42 Å². The molecule has 0 aromatic rings. The van der Waals surface area contributed by atoms with Crippen molar-refractivity contribution in [3.8, 4) is 0 Å². The van der Waals surface area contributed by atoms with Crippen molar-refractivity contribution in [3.05, 3.63) is 0 Å². The Morgan fingerprint density at radius 2 is 1.94 bits per heavy atom. The van der Waals surface area contributed by atoms with Crippen molar-refractivity contribution in [1.29, 1.82) is 0 Å². The van der Waals surface area contributed by atoms with Gasteiger partial charge in [-0.3, -0.25) is 9.69 Å². The molecule has 0 bridgehead atoms. The van der Waals surface area contributed by atoms with Gasteiger partial charge < -0.3 is 4.90 Å². The van der Waals surface area contributed by atoms with Crippen molar-refractivity contribution in [2.24, 2.45) is 5.92 Å². The Bertz CT molecular complexity index is 215. The second kappa shape index (κ2) is 7.28. The van der Waals surface area contributed by atoms with Crippen LogP contribution in [-0.2, 0) is 4.79 Å². The van der Waals surface area contributed by atoms with Crippen molar-refractivity contribution in [2.45, 2.75) is 26.7 Å². The van der Waals surface area contributed by atoms with E-state index in [1.165, 1.54) is 0 Å². The molecule has 1 fully saturated rings. The van der Waals surface area contributed by atoms with E-state index in [9.17, 15) is 4.79 Å². The molecule has 4 heteroatoms. The molecular formula is C12H23BrN2O. The minimum atomic E-state index is 0.202. The molecule has 1 heterocycles. The van der Waals surface area contributed by atoms with E-state index in [0.717, 1.165) is 50.9 Å². The van der Waals surface area contributed by atoms with Gasteiger partial charge in [-0.25, -0.2) is 0 Å². The normalized spacial score (nSPS) is 19.8. The van der Waals surface area contributed by atoms with Crippen LogP contribution in [0, 0.1) is 5.92 Å². The topological polar surface area (TPSA) is 23.6 Å². The number of nitrogens with zero attached hydrogens (tertiary/aromatic N) is 2. The molecule has 1 amide bonds. The first-order valence-corrected chi connectivity index (χ1v) is 7.38. The van der Waals surface area contributed by atoms with Gasteiger partial charge in [0.1, 0.15) is 0 Å². The molecule has 0 N–H and O–H groups in total. The number of carbonyl (C=O) groups excluding carboxylic acids is 1. The quantitative estimate of drug-likeness (QED) is 0.723. The van der Waals surface area contributed by atoms with Crippen LogP contribution in [0.5, 0.6) is 0 Å². The zero-order valence-electron chi connectivity index (χ0n) is 10.4. The summed E-state index contributed by atoms with van der Waals surface area (Å²) < 4.78 is 0. The van der Waals surface area contributed by atoms with Gasteiger partial charge >= 0.3 is 0 Å². The van der Waals surface area contributed by atoms with E-state index in [1.54, 1.807) is 0 Å². The number of piperazine rings is 1. The van der Waals surface area contributed by atoms with Gasteiger partial charge in [0.15, 0.2) is 0 Å². The highest BCUT2D eigenvalue weighted by atomic mass is 79.9. The molecule has 0 aromatic heterocycles. The zero-order valence-corrected chi connectivity index (χ0v) is 12.0. The number of hydrogen-bond donors (Lipinski definition) is 0. The first-order valence-electron chi connectivity index (χ1n) is 6.26. The Kier molecular flexibility index (Phi) is 6.36. The molecule has 1 rings (SSSR count). The summed E-state index contributed by atoms with van der Waals surface area (Å²) in [4.78, 5) is 16.5. The van der Waals surface area contributed by atoms with Crippen LogP contribution < -0.4 is 0 Å². The van der Waals surface area contributed by atoms with Crippen LogP contribution in [0.3, 0.4) is 0 Å². The summed E-state index contributed by atoms with van der Waals surface area (Å²) in [6, 6.07) is 0. The number of hydrogen-bond acceptors (Lipinski definition) is 2. The Labute approximate surface area is 107 Å². The van der Waals surface area contributed by atoms with Crippen LogP contribution in [0.1, 0.15) is 26.7 Å². The zero-order chi connectivity index (χ0) is 12.0. The molecule has 0 saturated carbocycles. The summed E-state index contributed by atoms with van der Waals surface area (Å²) in [6.45, 7) is 9.13. The smallest absolute Gasteiger partial charge is 0.225 e. The summed E-state index contributed by atoms with van der Waals surface area (Å²) in [6.07, 6.45) is 2.11. The standard InChI is InChI=1S/C12H23BrN2O/c1-3-4-11(2)12(16)15-9-7-14(6-5-13)8-10-15/h11H,3-10H2,1-2H3. The average molecular weight is 291 g/mol. The number of halogens is 1. The Morgan fingerprint density at radius 1 is 1.31 bits per heavy atom. The van der Waals surface area contributed by atoms with E-state index < -0.39 is 0 Å². The largest absolute Gasteiger partial charge is 0.340 e. The molecule has 1 saturated heterocycles. The number of rotatable bonds is 5. The predicted octanol–water partition coefficient (Wildman–Crippen LogP) is 1.96. The van der Waals surface area contributed by atoms with Crippen LogP contribution in [-0.4, -0.2) is 53.8 Å². The molecule has 3 nitrogen and oxygen atoms in total. The summed E-state index contributed by atoms with van der Waals surface area (Å²) in [5.41, 5.74) is 0. The Hall–Kier alpha value is -0.0900. The lowest BCUT2D eigenvalue weighted by atomic mass is 10.0. The molecule has 16 heavy (non-hydrogen) atoms. The van der Waals surface area contributed by atoms with Crippen molar-refractivity contribution in [1.82, 2.24) is 9.80 Å². The lowest BCUT2D eigenvalue weighted by Gasteiger charge is -2.35. The van der Waals surface area contributed by atoms with Gasteiger partial charge in [0.05, 0.1) is 0 Å². The van der Waals surface area contributed by atoms with Gasteiger partial charge in [0.25, 0.3) is 0 Å². The Morgan fingerprint density at radius 3 is 2.44 bits per heavy atom. The molecule has 1 aliphatic rings. The molecule has 1 atom stereocenters. The van der Waals surface area contributed by atoms with Crippen LogP contribution in [0.15, 0.2) is 0 Å². The second-order valence-electron chi connectivity index (χ2n) is 4.55. The molecule has 0 radical (unpaired) electrons. The highest BCUT2D eigenvalue weighted by Crippen LogP contribution is 2.12. The molecule has 0 spiro atoms. The summed E-state index contributed by atoms with van der Waals surface area (Å²) in [5.74, 6) is 0.549. The van der Waals surface area contributed by atoms with Crippen molar-refractivity contribution in [3.63, 3.8) is 0 Å². The van der Waals surface area contributed by atoms with Crippen molar-refractivity contribution in [2.75, 3.05) is 38.1 Å².